The Kier molecular flexibility index (Phi) is 3.01. The maximum atomic E-state index is 11.5. The molecular formula is C12H13NO4. The highest BCUT2D eigenvalue weighted by Gasteiger charge is 2.08. The van der Waals surface area contributed by atoms with Gasteiger partial charge >= 0.3 is 0 Å². The second kappa shape index (κ2) is 4.47. The smallest absolute Gasteiger partial charge is 0.253 e. The third-order valence-electron chi connectivity index (χ3n) is 2.60. The Hall–Kier alpha value is -2.01. The fourth-order valence-electron chi connectivity index (χ4n) is 1.70. The lowest BCUT2D eigenvalue weighted by Crippen LogP contribution is -2.12. The van der Waals surface area contributed by atoms with E-state index in [1.165, 1.54) is 7.11 Å². The van der Waals surface area contributed by atoms with E-state index >= 15 is 0 Å². The standard InChI is InChI=1S/C12H13NO4/c1-16-10-4-7-3-8(6-14)12(15)13-9(7)5-11(10)17-2/h3-5,14H,6H2,1-2H3,(H,13,15). The number of H-pyrrole nitrogens is 1. The van der Waals surface area contributed by atoms with E-state index in [0.29, 0.717) is 22.6 Å². The molecule has 0 spiro atoms. The molecule has 17 heavy (non-hydrogen) atoms. The molecule has 0 bridgehead atoms. The first-order valence-electron chi connectivity index (χ1n) is 5.08. The monoisotopic (exact) mass is 235 g/mol. The number of ether oxygens (including phenoxy) is 2. The Bertz CT molecular complexity index is 603. The average Bonchev–Trinajstić information content (AvgIpc) is 2.36. The molecule has 0 aliphatic carbocycles. The number of pyridine rings is 1. The SMILES string of the molecule is COc1cc2cc(CO)c(=O)[nH]c2cc1OC. The number of hydrogen-bond acceptors (Lipinski definition) is 4. The van der Waals surface area contributed by atoms with Gasteiger partial charge in [0.2, 0.25) is 0 Å². The molecule has 5 nitrogen and oxygen atoms in total. The highest BCUT2D eigenvalue weighted by atomic mass is 16.5. The molecule has 0 unspecified atom stereocenters. The second-order valence-electron chi connectivity index (χ2n) is 3.58. The third kappa shape index (κ3) is 1.97. The van der Waals surface area contributed by atoms with E-state index < -0.39 is 0 Å². The van der Waals surface area contributed by atoms with E-state index in [2.05, 4.69) is 4.98 Å². The summed E-state index contributed by atoms with van der Waals surface area (Å²) >= 11 is 0. The summed E-state index contributed by atoms with van der Waals surface area (Å²) in [5.41, 5.74) is 0.668. The summed E-state index contributed by atoms with van der Waals surface area (Å²) in [5, 5.41) is 9.81. The van der Waals surface area contributed by atoms with Crippen LogP contribution in [-0.2, 0) is 6.61 Å². The van der Waals surface area contributed by atoms with Crippen LogP contribution in [0.2, 0.25) is 0 Å². The van der Waals surface area contributed by atoms with Gasteiger partial charge in [-0.2, -0.15) is 0 Å². The van der Waals surface area contributed by atoms with Crippen molar-refractivity contribution < 1.29 is 14.6 Å². The summed E-state index contributed by atoms with van der Waals surface area (Å²) in [5.74, 6) is 1.13. The Balaban J connectivity index is 2.74. The molecule has 5 heteroatoms. The topological polar surface area (TPSA) is 71.5 Å². The molecule has 2 aromatic rings. The highest BCUT2D eigenvalue weighted by Crippen LogP contribution is 2.30. The normalized spacial score (nSPS) is 10.5. The molecule has 1 heterocycles. The summed E-state index contributed by atoms with van der Waals surface area (Å²) in [4.78, 5) is 14.2. The number of nitrogens with one attached hydrogen (secondary N) is 1. The predicted octanol–water partition coefficient (Wildman–Crippen LogP) is 1.04. The lowest BCUT2D eigenvalue weighted by atomic mass is 10.1. The zero-order valence-electron chi connectivity index (χ0n) is 9.61. The molecule has 1 aromatic heterocycles. The van der Waals surface area contributed by atoms with Crippen LogP contribution in [-0.4, -0.2) is 24.3 Å². The van der Waals surface area contributed by atoms with E-state index in [-0.39, 0.29) is 12.2 Å². The number of rotatable bonds is 3. The number of benzene rings is 1. The van der Waals surface area contributed by atoms with Crippen molar-refractivity contribution in [3.8, 4) is 11.5 Å². The van der Waals surface area contributed by atoms with Crippen molar-refractivity contribution in [2.45, 2.75) is 6.61 Å². The van der Waals surface area contributed by atoms with E-state index in [4.69, 9.17) is 14.6 Å². The molecule has 0 aliphatic heterocycles. The third-order valence-corrected chi connectivity index (χ3v) is 2.60. The number of methoxy groups -OCH3 is 2. The zero-order chi connectivity index (χ0) is 12.4. The number of aromatic nitrogens is 1. The first-order chi connectivity index (χ1) is 8.19. The van der Waals surface area contributed by atoms with Crippen LogP contribution < -0.4 is 15.0 Å². The van der Waals surface area contributed by atoms with Crippen LogP contribution in [0.1, 0.15) is 5.56 Å². The summed E-state index contributed by atoms with van der Waals surface area (Å²) in [6.45, 7) is -0.292. The maximum absolute atomic E-state index is 11.5. The fraction of sp³-hybridized carbons (Fsp3) is 0.250. The molecule has 0 saturated heterocycles. The minimum atomic E-state index is -0.299. The van der Waals surface area contributed by atoms with Crippen LogP contribution in [0.5, 0.6) is 11.5 Å². The Morgan fingerprint density at radius 1 is 1.18 bits per heavy atom. The van der Waals surface area contributed by atoms with Crippen molar-refractivity contribution >= 4 is 10.9 Å². The van der Waals surface area contributed by atoms with Gasteiger partial charge in [-0.05, 0) is 12.1 Å². The summed E-state index contributed by atoms with van der Waals surface area (Å²) in [6, 6.07) is 5.08. The molecule has 2 N–H and O–H groups in total. The Morgan fingerprint density at radius 2 is 1.82 bits per heavy atom. The second-order valence-corrected chi connectivity index (χ2v) is 3.58. The number of aliphatic hydroxyl groups excluding tert-OH is 1. The molecule has 0 saturated carbocycles. The van der Waals surface area contributed by atoms with Gasteiger partial charge in [0.05, 0.1) is 26.3 Å². The molecule has 0 fully saturated rings. The van der Waals surface area contributed by atoms with Gasteiger partial charge in [0, 0.05) is 17.0 Å². The zero-order valence-corrected chi connectivity index (χ0v) is 9.61. The number of hydrogen-bond donors (Lipinski definition) is 2. The highest BCUT2D eigenvalue weighted by molar-refractivity contribution is 5.83. The maximum Gasteiger partial charge on any atom is 0.253 e. The summed E-state index contributed by atoms with van der Waals surface area (Å²) < 4.78 is 10.3. The quantitative estimate of drug-likeness (QED) is 0.833. The number of aliphatic hydroxyl groups is 1. The molecule has 0 amide bonds. The lowest BCUT2D eigenvalue weighted by Gasteiger charge is -2.09. The van der Waals surface area contributed by atoms with Crippen molar-refractivity contribution in [3.63, 3.8) is 0 Å². The average molecular weight is 235 g/mol. The van der Waals surface area contributed by atoms with Crippen LogP contribution in [0, 0.1) is 0 Å². The van der Waals surface area contributed by atoms with Crippen molar-refractivity contribution in [2.75, 3.05) is 14.2 Å². The molecular weight excluding hydrogens is 222 g/mol. The molecule has 90 valence electrons. The van der Waals surface area contributed by atoms with Gasteiger partial charge in [0.15, 0.2) is 11.5 Å². The fourth-order valence-corrected chi connectivity index (χ4v) is 1.70. The minimum Gasteiger partial charge on any atom is -0.493 e. The summed E-state index contributed by atoms with van der Waals surface area (Å²) in [7, 11) is 3.08. The van der Waals surface area contributed by atoms with E-state index in [1.54, 1.807) is 25.3 Å². The van der Waals surface area contributed by atoms with Gasteiger partial charge in [-0.3, -0.25) is 4.79 Å². The van der Waals surface area contributed by atoms with Gasteiger partial charge < -0.3 is 19.6 Å². The van der Waals surface area contributed by atoms with E-state index in [1.807, 2.05) is 0 Å². The predicted molar refractivity (Wildman–Crippen MR) is 63.6 cm³/mol. The molecule has 1 aromatic carbocycles. The molecule has 0 aliphatic rings. The van der Waals surface area contributed by atoms with Gasteiger partial charge in [-0.1, -0.05) is 0 Å². The molecule has 2 rings (SSSR count). The van der Waals surface area contributed by atoms with Crippen molar-refractivity contribution in [1.82, 2.24) is 4.98 Å². The van der Waals surface area contributed by atoms with Crippen LogP contribution in [0.3, 0.4) is 0 Å². The van der Waals surface area contributed by atoms with Crippen molar-refractivity contribution in [3.05, 3.63) is 34.1 Å². The molecule has 0 radical (unpaired) electrons. The van der Waals surface area contributed by atoms with Crippen molar-refractivity contribution in [1.29, 1.82) is 0 Å². The van der Waals surface area contributed by atoms with E-state index in [9.17, 15) is 4.79 Å². The van der Waals surface area contributed by atoms with E-state index in [0.717, 1.165) is 5.39 Å². The van der Waals surface area contributed by atoms with Crippen LogP contribution in [0.15, 0.2) is 23.0 Å². The largest absolute Gasteiger partial charge is 0.493 e. The Morgan fingerprint density at radius 3 is 2.41 bits per heavy atom. The molecule has 0 atom stereocenters. The van der Waals surface area contributed by atoms with Gasteiger partial charge in [-0.25, -0.2) is 0 Å². The Labute approximate surface area is 97.6 Å². The summed E-state index contributed by atoms with van der Waals surface area (Å²) in [6.07, 6.45) is 0. The van der Waals surface area contributed by atoms with Gasteiger partial charge in [-0.15, -0.1) is 0 Å². The first-order valence-corrected chi connectivity index (χ1v) is 5.08. The number of fused-ring (bicyclic) bond motifs is 1. The van der Waals surface area contributed by atoms with Crippen LogP contribution in [0.4, 0.5) is 0 Å². The van der Waals surface area contributed by atoms with Crippen molar-refractivity contribution in [2.24, 2.45) is 0 Å². The minimum absolute atomic E-state index is 0.292. The lowest BCUT2D eigenvalue weighted by molar-refractivity contribution is 0.280. The number of aromatic amines is 1. The first kappa shape index (κ1) is 11.5. The van der Waals surface area contributed by atoms with Gasteiger partial charge in [0.25, 0.3) is 5.56 Å². The van der Waals surface area contributed by atoms with Crippen LogP contribution in [0.25, 0.3) is 10.9 Å². The van der Waals surface area contributed by atoms with Gasteiger partial charge in [0.1, 0.15) is 0 Å². The van der Waals surface area contributed by atoms with Crippen LogP contribution >= 0.6 is 0 Å².